The number of ether oxygens (including phenoxy) is 6. The molecule has 13 heteroatoms. The van der Waals surface area contributed by atoms with Gasteiger partial charge in [0.05, 0.1) is 31.5 Å². The van der Waals surface area contributed by atoms with E-state index in [4.69, 9.17) is 38.4 Å². The average molecular weight is 1070 g/mol. The molecule has 2 aliphatic carbocycles. The van der Waals surface area contributed by atoms with E-state index in [0.717, 1.165) is 178 Å². The van der Waals surface area contributed by atoms with Gasteiger partial charge in [0, 0.05) is 88.6 Å². The van der Waals surface area contributed by atoms with Gasteiger partial charge < -0.3 is 33.5 Å². The van der Waals surface area contributed by atoms with Crippen molar-refractivity contribution in [3.63, 3.8) is 0 Å². The zero-order valence-corrected chi connectivity index (χ0v) is 46.9. The number of pyridine rings is 2. The number of carbonyl (C=O) groups is 2. The van der Waals surface area contributed by atoms with Crippen molar-refractivity contribution in [2.24, 2.45) is 0 Å². The standard InChI is InChI=1S/C31H42N2O4.C30H40N2O4.C4H8O/c1-35-31(34)30(27-13-4-3-12-26(27)29-15-7-9-21-37-29)33-19-18-25(22-33)36-20-8-6-11-24-17-16-23-10-2-5-14-28(23)32-24;33-30(34)29(26-12-3-2-11-25(26)28-14-6-8-20-36-28)32-18-17-24(21-32)35-19-7-5-10-23-16-15-22-9-1-4-13-27(22)31-23;1-2-4-5-3-1/h3-4,12-13,16-17,25,29-30H,2,5-11,14-15,18-22H2,1H3;2-3,11-12,15-16,24,28-29H,1,4-10,13-14,17-21H2,(H,33,34);1-4H2/t25-,29?,30?;24-,28?,29?;/m11./s1. The van der Waals surface area contributed by atoms with Gasteiger partial charge in [-0.2, -0.15) is 0 Å². The van der Waals surface area contributed by atoms with Gasteiger partial charge in [0.15, 0.2) is 0 Å². The Morgan fingerprint density at radius 2 is 1.04 bits per heavy atom. The summed E-state index contributed by atoms with van der Waals surface area (Å²) in [5.41, 5.74) is 12.0. The highest BCUT2D eigenvalue weighted by atomic mass is 16.5. The van der Waals surface area contributed by atoms with Gasteiger partial charge in [-0.25, -0.2) is 4.79 Å². The van der Waals surface area contributed by atoms with Gasteiger partial charge in [0.2, 0.25) is 0 Å². The fraction of sp³-hybridized carbons (Fsp3) is 0.631. The van der Waals surface area contributed by atoms with Crippen LogP contribution in [0.25, 0.3) is 0 Å². The minimum atomic E-state index is -0.795. The van der Waals surface area contributed by atoms with E-state index in [9.17, 15) is 14.7 Å². The Morgan fingerprint density at radius 3 is 1.50 bits per heavy atom. The molecule has 0 bridgehead atoms. The molecule has 0 spiro atoms. The molecule has 7 heterocycles. The summed E-state index contributed by atoms with van der Waals surface area (Å²) in [4.78, 5) is 39.5. The molecule has 0 amide bonds. The van der Waals surface area contributed by atoms with Crippen molar-refractivity contribution < 1.29 is 43.1 Å². The highest BCUT2D eigenvalue weighted by Gasteiger charge is 2.38. The summed E-state index contributed by atoms with van der Waals surface area (Å²) < 4.78 is 34.8. The van der Waals surface area contributed by atoms with Crippen LogP contribution in [-0.2, 0) is 76.5 Å². The number of rotatable bonds is 20. The van der Waals surface area contributed by atoms with E-state index < -0.39 is 18.1 Å². The van der Waals surface area contributed by atoms with Crippen LogP contribution in [0.15, 0.2) is 72.8 Å². The molecule has 0 saturated carbocycles. The minimum Gasteiger partial charge on any atom is -0.480 e. The third kappa shape index (κ3) is 16.5. The maximum absolute atomic E-state index is 13.0. The first-order valence-electron chi connectivity index (χ1n) is 30.4. The smallest absolute Gasteiger partial charge is 0.327 e. The molecule has 7 aliphatic rings. The van der Waals surface area contributed by atoms with Crippen LogP contribution in [-0.4, -0.2) is 122 Å². The van der Waals surface area contributed by atoms with Gasteiger partial charge in [-0.15, -0.1) is 0 Å². The van der Waals surface area contributed by atoms with E-state index in [1.54, 1.807) is 0 Å². The monoisotopic (exact) mass is 1070 g/mol. The Balaban J connectivity index is 0.000000174. The normalized spacial score (nSPS) is 23.2. The number of fused-ring (bicyclic) bond motifs is 2. The third-order valence-corrected chi connectivity index (χ3v) is 17.0. The number of likely N-dealkylation sites (tertiary alicyclic amines) is 2. The van der Waals surface area contributed by atoms with Crippen LogP contribution in [0.5, 0.6) is 0 Å². The van der Waals surface area contributed by atoms with Gasteiger partial charge in [-0.05, 0) is 200 Å². The van der Waals surface area contributed by atoms with E-state index in [1.807, 2.05) is 36.4 Å². The number of hydrogen-bond donors (Lipinski definition) is 1. The van der Waals surface area contributed by atoms with Crippen molar-refractivity contribution in [3.8, 4) is 0 Å². The number of aromatic nitrogens is 2. The maximum atomic E-state index is 13.0. The summed E-state index contributed by atoms with van der Waals surface area (Å²) in [6, 6.07) is 24.1. The van der Waals surface area contributed by atoms with Gasteiger partial charge in [0.1, 0.15) is 12.1 Å². The van der Waals surface area contributed by atoms with Crippen LogP contribution in [0.4, 0.5) is 0 Å². The van der Waals surface area contributed by atoms with Crippen LogP contribution in [0.3, 0.4) is 0 Å². The summed E-state index contributed by atoms with van der Waals surface area (Å²) in [6.07, 6.45) is 27.0. The topological polar surface area (TPSA) is 142 Å². The molecule has 78 heavy (non-hydrogen) atoms. The number of carboxylic acid groups (broad SMARTS) is 1. The largest absolute Gasteiger partial charge is 0.480 e. The first kappa shape index (κ1) is 58.1. The second kappa shape index (κ2) is 30.8. The second-order valence-corrected chi connectivity index (χ2v) is 22.7. The molecule has 13 nitrogen and oxygen atoms in total. The predicted octanol–water partition coefficient (Wildman–Crippen LogP) is 11.8. The zero-order valence-electron chi connectivity index (χ0n) is 46.9. The van der Waals surface area contributed by atoms with E-state index in [-0.39, 0.29) is 30.4 Å². The number of benzene rings is 2. The molecule has 11 rings (SSSR count). The third-order valence-electron chi connectivity index (χ3n) is 17.0. The number of esters is 1. The Bertz CT molecular complexity index is 2460. The number of nitrogens with zero attached hydrogens (tertiary/aromatic N) is 4. The number of hydrogen-bond acceptors (Lipinski definition) is 12. The van der Waals surface area contributed by atoms with Crippen molar-refractivity contribution in [2.75, 3.05) is 72.9 Å². The van der Waals surface area contributed by atoms with Crippen molar-refractivity contribution in [1.29, 1.82) is 0 Å². The average Bonchev–Trinajstić information content (AvgIpc) is 4.38. The molecular weight excluding hydrogens is 981 g/mol. The van der Waals surface area contributed by atoms with Crippen LogP contribution >= 0.6 is 0 Å². The van der Waals surface area contributed by atoms with Crippen LogP contribution in [0, 0.1) is 0 Å². The minimum absolute atomic E-state index is 0.00365. The molecule has 424 valence electrons. The van der Waals surface area contributed by atoms with Crippen molar-refractivity contribution in [3.05, 3.63) is 129 Å². The molecule has 5 aliphatic heterocycles. The molecule has 2 aromatic carbocycles. The van der Waals surface area contributed by atoms with Gasteiger partial charge >= 0.3 is 11.9 Å². The lowest BCUT2D eigenvalue weighted by Crippen LogP contribution is -2.35. The summed E-state index contributed by atoms with van der Waals surface area (Å²) in [6.45, 7) is 7.95. The number of carbonyl (C=O) groups excluding carboxylic acids is 1. The first-order valence-corrected chi connectivity index (χ1v) is 30.4. The number of methoxy groups -OCH3 is 1. The highest BCUT2D eigenvalue weighted by molar-refractivity contribution is 5.78. The van der Waals surface area contributed by atoms with E-state index in [2.05, 4.69) is 46.2 Å². The fourth-order valence-electron chi connectivity index (χ4n) is 12.8. The zero-order chi connectivity index (χ0) is 53.7. The summed E-state index contributed by atoms with van der Waals surface area (Å²) >= 11 is 0. The predicted molar refractivity (Wildman–Crippen MR) is 303 cm³/mol. The Hall–Kier alpha value is -4.60. The lowest BCUT2D eigenvalue weighted by atomic mass is 9.92. The van der Waals surface area contributed by atoms with Crippen molar-refractivity contribution in [1.82, 2.24) is 19.8 Å². The Kier molecular flexibility index (Phi) is 23.0. The lowest BCUT2D eigenvalue weighted by Gasteiger charge is -2.31. The summed E-state index contributed by atoms with van der Waals surface area (Å²) in [7, 11) is 1.48. The molecule has 2 aromatic heterocycles. The molecule has 5 fully saturated rings. The number of unbranched alkanes of at least 4 members (excludes halogenated alkanes) is 2. The van der Waals surface area contributed by atoms with Gasteiger partial charge in [-0.1, -0.05) is 60.7 Å². The van der Waals surface area contributed by atoms with Gasteiger partial charge in [0.25, 0.3) is 0 Å². The van der Waals surface area contributed by atoms with Crippen LogP contribution < -0.4 is 0 Å². The maximum Gasteiger partial charge on any atom is 0.327 e. The Labute approximate surface area is 465 Å². The molecule has 0 radical (unpaired) electrons. The molecular formula is C65H90N4O9. The van der Waals surface area contributed by atoms with Crippen molar-refractivity contribution in [2.45, 2.75) is 191 Å². The molecule has 4 unspecified atom stereocenters. The first-order chi connectivity index (χ1) is 38.4. The SMILES string of the molecule is C1CCOC1.COC(=O)C(c1ccccc1C1CCCCO1)N1CC[C@@H](OCCCCc2ccc3c(n2)CCCC3)C1.O=C(O)C(c1ccccc1C1CCCCO1)N1CC[C@@H](OCCCCc2ccc3c(n2)CCCC3)C1. The number of carboxylic acids is 1. The van der Waals surface area contributed by atoms with Gasteiger partial charge in [-0.3, -0.25) is 24.6 Å². The second-order valence-electron chi connectivity index (χ2n) is 22.7. The molecule has 4 aromatic rings. The van der Waals surface area contributed by atoms with Crippen LogP contribution in [0.2, 0.25) is 0 Å². The van der Waals surface area contributed by atoms with E-state index in [1.165, 1.54) is 92.4 Å². The van der Waals surface area contributed by atoms with Crippen LogP contribution in [0.1, 0.15) is 196 Å². The fourth-order valence-corrected chi connectivity index (χ4v) is 12.8. The van der Waals surface area contributed by atoms with Crippen molar-refractivity contribution >= 4 is 11.9 Å². The molecule has 5 saturated heterocycles. The summed E-state index contributed by atoms with van der Waals surface area (Å²) in [5, 5.41) is 10.2. The van der Waals surface area contributed by atoms with E-state index >= 15 is 0 Å². The summed E-state index contributed by atoms with van der Waals surface area (Å²) in [5.74, 6) is -1.00. The number of aliphatic carboxylic acids is 1. The lowest BCUT2D eigenvalue weighted by molar-refractivity contribution is -0.147. The number of aryl methyl sites for hydroxylation is 6. The molecule has 1 N–H and O–H groups in total. The quantitative estimate of drug-likeness (QED) is 0.0663. The molecule has 6 atom stereocenters. The highest BCUT2D eigenvalue weighted by Crippen LogP contribution is 2.38. The Morgan fingerprint density at radius 1 is 0.564 bits per heavy atom. The van der Waals surface area contributed by atoms with E-state index in [0.29, 0.717) is 13.2 Å².